The fourth-order valence-corrected chi connectivity index (χ4v) is 1.91. The standard InChI is InChI=1S/C9H15NO3/c1-8(6-11,7(12)13)10-4-9(5-10)2-3-9/h11H,2-6H2,1H3,(H,12,13). The molecule has 0 aromatic carbocycles. The average Bonchev–Trinajstić information content (AvgIpc) is 2.79. The smallest absolute Gasteiger partial charge is 0.326 e. The van der Waals surface area contributed by atoms with E-state index in [9.17, 15) is 4.79 Å². The molecule has 2 N–H and O–H groups in total. The largest absolute Gasteiger partial charge is 0.480 e. The molecule has 4 heteroatoms. The van der Waals surface area contributed by atoms with E-state index >= 15 is 0 Å². The van der Waals surface area contributed by atoms with Crippen LogP contribution in [0.5, 0.6) is 0 Å². The summed E-state index contributed by atoms with van der Waals surface area (Å²) in [6.07, 6.45) is 2.45. The number of rotatable bonds is 3. The summed E-state index contributed by atoms with van der Waals surface area (Å²) in [5.41, 5.74) is -0.625. The van der Waals surface area contributed by atoms with Crippen LogP contribution in [0.15, 0.2) is 0 Å². The van der Waals surface area contributed by atoms with Crippen molar-refractivity contribution in [3.63, 3.8) is 0 Å². The van der Waals surface area contributed by atoms with Gasteiger partial charge in [0, 0.05) is 13.1 Å². The third kappa shape index (κ3) is 1.16. The maximum Gasteiger partial charge on any atom is 0.326 e. The van der Waals surface area contributed by atoms with Crippen molar-refractivity contribution in [2.45, 2.75) is 25.3 Å². The summed E-state index contributed by atoms with van der Waals surface area (Å²) < 4.78 is 0. The fraction of sp³-hybridized carbons (Fsp3) is 0.889. The molecule has 13 heavy (non-hydrogen) atoms. The molecule has 1 heterocycles. The van der Waals surface area contributed by atoms with Crippen molar-refractivity contribution >= 4 is 5.97 Å². The van der Waals surface area contributed by atoms with Crippen LogP contribution in [-0.4, -0.2) is 46.3 Å². The van der Waals surface area contributed by atoms with Gasteiger partial charge in [0.25, 0.3) is 0 Å². The van der Waals surface area contributed by atoms with Gasteiger partial charge in [0.1, 0.15) is 5.54 Å². The summed E-state index contributed by atoms with van der Waals surface area (Å²) >= 11 is 0. The molecular weight excluding hydrogens is 170 g/mol. The summed E-state index contributed by atoms with van der Waals surface area (Å²) in [5, 5.41) is 18.0. The number of aliphatic hydroxyl groups is 1. The molecule has 0 aromatic heterocycles. The number of carboxylic acids is 1. The van der Waals surface area contributed by atoms with Crippen LogP contribution in [-0.2, 0) is 4.79 Å². The molecule has 74 valence electrons. The Morgan fingerprint density at radius 2 is 2.08 bits per heavy atom. The second kappa shape index (κ2) is 2.45. The molecule has 2 aliphatic rings. The molecule has 0 aromatic rings. The zero-order chi connectivity index (χ0) is 9.69. The summed E-state index contributed by atoms with van der Waals surface area (Å²) in [5.74, 6) is -0.925. The summed E-state index contributed by atoms with van der Waals surface area (Å²) in [4.78, 5) is 12.8. The van der Waals surface area contributed by atoms with E-state index in [1.807, 2.05) is 4.90 Å². The van der Waals surface area contributed by atoms with E-state index in [1.54, 1.807) is 6.92 Å². The Balaban J connectivity index is 2.01. The predicted octanol–water partition coefficient (Wildman–Crippen LogP) is -0.0822. The first-order chi connectivity index (χ1) is 6.02. The van der Waals surface area contributed by atoms with Crippen molar-refractivity contribution in [1.82, 2.24) is 4.90 Å². The van der Waals surface area contributed by atoms with Gasteiger partial charge in [-0.15, -0.1) is 0 Å². The van der Waals surface area contributed by atoms with Crippen molar-refractivity contribution in [3.05, 3.63) is 0 Å². The van der Waals surface area contributed by atoms with Gasteiger partial charge < -0.3 is 10.2 Å². The van der Waals surface area contributed by atoms with Crippen molar-refractivity contribution in [2.24, 2.45) is 5.41 Å². The van der Waals surface area contributed by atoms with Gasteiger partial charge in [-0.1, -0.05) is 0 Å². The van der Waals surface area contributed by atoms with Crippen LogP contribution in [0.3, 0.4) is 0 Å². The first-order valence-electron chi connectivity index (χ1n) is 4.62. The highest BCUT2D eigenvalue weighted by Gasteiger charge is 2.58. The first-order valence-corrected chi connectivity index (χ1v) is 4.62. The number of carbonyl (C=O) groups is 1. The third-order valence-corrected chi connectivity index (χ3v) is 3.48. The van der Waals surface area contributed by atoms with Gasteiger partial charge in [-0.2, -0.15) is 0 Å². The molecule has 0 radical (unpaired) electrons. The highest BCUT2D eigenvalue weighted by molar-refractivity contribution is 5.78. The van der Waals surface area contributed by atoms with Crippen LogP contribution in [0.2, 0.25) is 0 Å². The molecular formula is C9H15NO3. The molecule has 1 aliphatic heterocycles. The Morgan fingerprint density at radius 3 is 2.38 bits per heavy atom. The lowest BCUT2D eigenvalue weighted by Crippen LogP contribution is -2.64. The highest BCUT2D eigenvalue weighted by Crippen LogP contribution is 2.54. The zero-order valence-electron chi connectivity index (χ0n) is 7.79. The van der Waals surface area contributed by atoms with Crippen molar-refractivity contribution in [2.75, 3.05) is 19.7 Å². The number of carboxylic acid groups (broad SMARTS) is 1. The van der Waals surface area contributed by atoms with E-state index < -0.39 is 11.5 Å². The van der Waals surface area contributed by atoms with Gasteiger partial charge in [0.2, 0.25) is 0 Å². The quantitative estimate of drug-likeness (QED) is 0.645. The molecule has 1 saturated carbocycles. The highest BCUT2D eigenvalue weighted by atomic mass is 16.4. The maximum absolute atomic E-state index is 10.9. The van der Waals surface area contributed by atoms with Crippen molar-refractivity contribution in [1.29, 1.82) is 0 Å². The number of likely N-dealkylation sites (tertiary alicyclic amines) is 1. The number of nitrogens with zero attached hydrogens (tertiary/aromatic N) is 1. The minimum absolute atomic E-state index is 0.307. The monoisotopic (exact) mass is 185 g/mol. The molecule has 4 nitrogen and oxygen atoms in total. The normalized spacial score (nSPS) is 29.4. The molecule has 2 rings (SSSR count). The van der Waals surface area contributed by atoms with Crippen LogP contribution >= 0.6 is 0 Å². The number of hydrogen-bond acceptors (Lipinski definition) is 3. The molecule has 1 saturated heterocycles. The SMILES string of the molecule is CC(CO)(C(=O)O)N1CC2(CC2)C1. The van der Waals surface area contributed by atoms with E-state index in [2.05, 4.69) is 0 Å². The third-order valence-electron chi connectivity index (χ3n) is 3.48. The van der Waals surface area contributed by atoms with Gasteiger partial charge >= 0.3 is 5.97 Å². The maximum atomic E-state index is 10.9. The lowest BCUT2D eigenvalue weighted by Gasteiger charge is -2.48. The van der Waals surface area contributed by atoms with Crippen molar-refractivity contribution in [3.8, 4) is 0 Å². The van der Waals surface area contributed by atoms with E-state index in [1.165, 1.54) is 12.8 Å². The van der Waals surface area contributed by atoms with E-state index in [0.29, 0.717) is 5.41 Å². The van der Waals surface area contributed by atoms with Gasteiger partial charge in [0.05, 0.1) is 6.61 Å². The van der Waals surface area contributed by atoms with E-state index in [4.69, 9.17) is 10.2 Å². The molecule has 0 bridgehead atoms. The molecule has 0 amide bonds. The minimum atomic E-state index is -1.06. The fourth-order valence-electron chi connectivity index (χ4n) is 1.91. The zero-order valence-corrected chi connectivity index (χ0v) is 7.79. The molecule has 1 unspecified atom stereocenters. The van der Waals surface area contributed by atoms with E-state index in [0.717, 1.165) is 13.1 Å². The average molecular weight is 185 g/mol. The van der Waals surface area contributed by atoms with Crippen LogP contribution in [0.25, 0.3) is 0 Å². The molecule has 1 spiro atoms. The number of hydrogen-bond donors (Lipinski definition) is 2. The van der Waals surface area contributed by atoms with Gasteiger partial charge in [-0.05, 0) is 25.2 Å². The Morgan fingerprint density at radius 1 is 1.54 bits per heavy atom. The minimum Gasteiger partial charge on any atom is -0.480 e. The molecule has 1 atom stereocenters. The van der Waals surface area contributed by atoms with Crippen LogP contribution in [0, 0.1) is 5.41 Å². The van der Waals surface area contributed by atoms with Crippen LogP contribution in [0.1, 0.15) is 19.8 Å². The van der Waals surface area contributed by atoms with Crippen LogP contribution < -0.4 is 0 Å². The Hall–Kier alpha value is -0.610. The number of aliphatic carboxylic acids is 1. The summed E-state index contributed by atoms with van der Waals surface area (Å²) in [7, 11) is 0. The molecule has 1 aliphatic carbocycles. The predicted molar refractivity (Wildman–Crippen MR) is 46.4 cm³/mol. The van der Waals surface area contributed by atoms with Gasteiger partial charge in [0.15, 0.2) is 0 Å². The second-order valence-corrected chi connectivity index (χ2v) is 4.59. The first kappa shape index (κ1) is 8.97. The van der Waals surface area contributed by atoms with Gasteiger partial charge in [-0.25, -0.2) is 0 Å². The Kier molecular flexibility index (Phi) is 1.69. The topological polar surface area (TPSA) is 60.8 Å². The van der Waals surface area contributed by atoms with Crippen LogP contribution in [0.4, 0.5) is 0 Å². The Bertz CT molecular complexity index is 241. The lowest BCUT2D eigenvalue weighted by molar-refractivity contribution is -0.160. The van der Waals surface area contributed by atoms with E-state index in [-0.39, 0.29) is 6.61 Å². The van der Waals surface area contributed by atoms with Crippen molar-refractivity contribution < 1.29 is 15.0 Å². The van der Waals surface area contributed by atoms with Gasteiger partial charge in [-0.3, -0.25) is 9.69 Å². The Labute approximate surface area is 77.2 Å². The molecule has 2 fully saturated rings. The lowest BCUT2D eigenvalue weighted by atomic mass is 9.88. The second-order valence-electron chi connectivity index (χ2n) is 4.59. The summed E-state index contributed by atoms with van der Waals surface area (Å²) in [6, 6.07) is 0. The number of aliphatic hydroxyl groups excluding tert-OH is 1. The summed E-state index contributed by atoms with van der Waals surface area (Å²) in [6.45, 7) is 2.97.